The number of benzene rings is 1. The molecule has 2 aromatic rings. The highest BCUT2D eigenvalue weighted by atomic mass is 19.4. The van der Waals surface area contributed by atoms with Crippen LogP contribution in [-0.2, 0) is 12.1 Å². The first-order chi connectivity index (χ1) is 12.0. The molecule has 1 aliphatic rings. The van der Waals surface area contributed by atoms with Crippen molar-refractivity contribution in [3.63, 3.8) is 0 Å². The average molecular weight is 372 g/mol. The second-order valence-electron chi connectivity index (χ2n) is 5.22. The number of nitrogens with two attached hydrogens (primary N) is 1. The van der Waals surface area contributed by atoms with Crippen molar-refractivity contribution in [2.75, 3.05) is 19.0 Å². The molecule has 0 atom stereocenters. The van der Waals surface area contributed by atoms with Crippen molar-refractivity contribution in [3.8, 4) is 11.3 Å². The Labute approximate surface area is 145 Å². The first kappa shape index (κ1) is 19.6. The highest BCUT2D eigenvalue weighted by Crippen LogP contribution is 2.48. The van der Waals surface area contributed by atoms with Gasteiger partial charge in [-0.05, 0) is 19.2 Å². The Hall–Kier alpha value is -2.76. The third-order valence-electron chi connectivity index (χ3n) is 3.82. The number of anilines is 1. The van der Waals surface area contributed by atoms with Crippen LogP contribution in [0.25, 0.3) is 11.3 Å². The summed E-state index contributed by atoms with van der Waals surface area (Å²) in [5.41, 5.74) is 1.89. The van der Waals surface area contributed by atoms with Gasteiger partial charge >= 0.3 is 6.18 Å². The predicted octanol–water partition coefficient (Wildman–Crippen LogP) is 1.80. The molecule has 0 fully saturated rings. The molecule has 8 nitrogen and oxygen atoms in total. The molecule has 1 aliphatic heterocycles. The number of aromatic nitrogens is 1. The summed E-state index contributed by atoms with van der Waals surface area (Å²) in [7, 11) is 2.69. The summed E-state index contributed by atoms with van der Waals surface area (Å²) in [4.78, 5) is 14.7. The number of aliphatic hydroxyl groups is 2. The van der Waals surface area contributed by atoms with E-state index >= 15 is 0 Å². The van der Waals surface area contributed by atoms with E-state index in [4.69, 9.17) is 0 Å². The molecular formula is C15H15F3N4O4. The standard InChI is InChI=1S/C14H10F3N3O4.CH5N/c1-19-12-7(3-2-4-9(12)20(23)24)11-8(14(19,21)22)5-6-10(18-11)13(15,16)17;1-2/h2-6,21-22H,1H3;2H2,1H3. The van der Waals surface area contributed by atoms with Gasteiger partial charge in [0, 0.05) is 18.7 Å². The number of rotatable bonds is 1. The second-order valence-corrected chi connectivity index (χ2v) is 5.22. The summed E-state index contributed by atoms with van der Waals surface area (Å²) in [6.45, 7) is 0. The third-order valence-corrected chi connectivity index (χ3v) is 3.82. The van der Waals surface area contributed by atoms with Gasteiger partial charge in [-0.25, -0.2) is 4.98 Å². The number of para-hydroxylation sites is 1. The second kappa shape index (κ2) is 6.52. The van der Waals surface area contributed by atoms with Gasteiger partial charge in [0.2, 0.25) is 0 Å². The van der Waals surface area contributed by atoms with Crippen LogP contribution in [0.4, 0.5) is 24.5 Å². The van der Waals surface area contributed by atoms with Gasteiger partial charge in [-0.3, -0.25) is 10.1 Å². The number of nitrogens with zero attached hydrogens (tertiary/aromatic N) is 3. The normalized spacial score (nSPS) is 14.7. The summed E-state index contributed by atoms with van der Waals surface area (Å²) < 4.78 is 38.7. The molecule has 0 saturated carbocycles. The number of nitro groups is 1. The van der Waals surface area contributed by atoms with Crippen molar-refractivity contribution in [1.29, 1.82) is 0 Å². The van der Waals surface area contributed by atoms with Crippen molar-refractivity contribution >= 4 is 11.4 Å². The van der Waals surface area contributed by atoms with Crippen molar-refractivity contribution in [2.45, 2.75) is 12.1 Å². The van der Waals surface area contributed by atoms with Crippen molar-refractivity contribution in [2.24, 2.45) is 5.73 Å². The quantitative estimate of drug-likeness (QED) is 0.396. The summed E-state index contributed by atoms with van der Waals surface area (Å²) in [6, 6.07) is 5.25. The summed E-state index contributed by atoms with van der Waals surface area (Å²) in [5, 5.41) is 31.7. The summed E-state index contributed by atoms with van der Waals surface area (Å²) in [5.74, 6) is -2.74. The van der Waals surface area contributed by atoms with Crippen LogP contribution in [-0.4, -0.2) is 34.2 Å². The Morgan fingerprint density at radius 2 is 1.85 bits per heavy atom. The first-order valence-corrected chi connectivity index (χ1v) is 7.18. The van der Waals surface area contributed by atoms with Crippen LogP contribution in [0.15, 0.2) is 30.3 Å². The topological polar surface area (TPSA) is 126 Å². The van der Waals surface area contributed by atoms with Crippen LogP contribution in [0, 0.1) is 10.1 Å². The minimum Gasteiger partial charge on any atom is -0.345 e. The van der Waals surface area contributed by atoms with Gasteiger partial charge < -0.3 is 20.8 Å². The largest absolute Gasteiger partial charge is 0.433 e. The van der Waals surface area contributed by atoms with Gasteiger partial charge in [0.25, 0.3) is 11.6 Å². The molecule has 11 heteroatoms. The van der Waals surface area contributed by atoms with E-state index in [0.717, 1.165) is 17.0 Å². The van der Waals surface area contributed by atoms with E-state index in [9.17, 15) is 33.5 Å². The fourth-order valence-corrected chi connectivity index (χ4v) is 2.65. The lowest BCUT2D eigenvalue weighted by Gasteiger charge is -2.39. The number of hydrogen-bond donors (Lipinski definition) is 3. The third kappa shape index (κ3) is 2.96. The summed E-state index contributed by atoms with van der Waals surface area (Å²) >= 11 is 0. The molecule has 0 spiro atoms. The van der Waals surface area contributed by atoms with Crippen LogP contribution < -0.4 is 10.6 Å². The molecule has 1 aromatic carbocycles. The van der Waals surface area contributed by atoms with Gasteiger partial charge in [-0.1, -0.05) is 12.1 Å². The molecule has 26 heavy (non-hydrogen) atoms. The first-order valence-electron chi connectivity index (χ1n) is 7.18. The summed E-state index contributed by atoms with van der Waals surface area (Å²) in [6.07, 6.45) is -4.74. The molecule has 0 amide bonds. The minimum atomic E-state index is -4.74. The van der Waals surface area contributed by atoms with Crippen molar-refractivity contribution in [1.82, 2.24) is 4.98 Å². The lowest BCUT2D eigenvalue weighted by Crippen LogP contribution is -2.47. The SMILES string of the molecule is CN.CN1c2c(cccc2[N+](=O)[O-])-c2nc(C(F)(F)F)ccc2C1(O)O. The number of fused-ring (bicyclic) bond motifs is 3. The van der Waals surface area contributed by atoms with Gasteiger partial charge in [-0.2, -0.15) is 13.2 Å². The Morgan fingerprint density at radius 1 is 1.23 bits per heavy atom. The maximum atomic E-state index is 12.9. The lowest BCUT2D eigenvalue weighted by atomic mass is 9.94. The fourth-order valence-electron chi connectivity index (χ4n) is 2.65. The van der Waals surface area contributed by atoms with Gasteiger partial charge in [-0.15, -0.1) is 0 Å². The van der Waals surface area contributed by atoms with Crippen LogP contribution in [0.3, 0.4) is 0 Å². The van der Waals surface area contributed by atoms with E-state index in [1.54, 1.807) is 0 Å². The Morgan fingerprint density at radius 3 is 2.38 bits per heavy atom. The zero-order valence-corrected chi connectivity index (χ0v) is 13.7. The maximum absolute atomic E-state index is 12.9. The highest BCUT2D eigenvalue weighted by Gasteiger charge is 2.45. The predicted molar refractivity (Wildman–Crippen MR) is 86.0 cm³/mol. The number of alkyl halides is 3. The van der Waals surface area contributed by atoms with Gasteiger partial charge in [0.05, 0.1) is 16.2 Å². The average Bonchev–Trinajstić information content (AvgIpc) is 2.59. The van der Waals surface area contributed by atoms with E-state index in [1.807, 2.05) is 0 Å². The van der Waals surface area contributed by atoms with Gasteiger partial charge in [0.1, 0.15) is 11.4 Å². The highest BCUT2D eigenvalue weighted by molar-refractivity contribution is 5.88. The molecule has 0 saturated heterocycles. The number of pyridine rings is 1. The van der Waals surface area contributed by atoms with E-state index in [0.29, 0.717) is 6.07 Å². The maximum Gasteiger partial charge on any atom is 0.433 e. The Balaban J connectivity index is 0.00000117. The molecule has 3 rings (SSSR count). The van der Waals surface area contributed by atoms with E-state index in [-0.39, 0.29) is 22.5 Å². The molecule has 0 unspecified atom stereocenters. The molecule has 0 aliphatic carbocycles. The fraction of sp³-hybridized carbons (Fsp3) is 0.267. The number of halogens is 3. The zero-order valence-electron chi connectivity index (χ0n) is 13.7. The molecule has 0 bridgehead atoms. The van der Waals surface area contributed by atoms with Crippen molar-refractivity contribution < 1.29 is 28.3 Å². The molecular weight excluding hydrogens is 357 g/mol. The minimum absolute atomic E-state index is 0.00604. The van der Waals surface area contributed by atoms with Crippen LogP contribution >= 0.6 is 0 Å². The molecule has 1 aromatic heterocycles. The van der Waals surface area contributed by atoms with E-state index in [2.05, 4.69) is 10.7 Å². The van der Waals surface area contributed by atoms with Crippen molar-refractivity contribution in [3.05, 3.63) is 51.7 Å². The smallest absolute Gasteiger partial charge is 0.345 e. The van der Waals surface area contributed by atoms with E-state index in [1.165, 1.54) is 26.2 Å². The van der Waals surface area contributed by atoms with Crippen LogP contribution in [0.5, 0.6) is 0 Å². The molecule has 0 radical (unpaired) electrons. The molecule has 140 valence electrons. The molecule has 4 N–H and O–H groups in total. The Kier molecular flexibility index (Phi) is 4.90. The van der Waals surface area contributed by atoms with Crippen LogP contribution in [0.2, 0.25) is 0 Å². The Bertz CT molecular complexity index is 855. The van der Waals surface area contributed by atoms with Gasteiger partial charge in [0.15, 0.2) is 0 Å². The molecule has 2 heterocycles. The lowest BCUT2D eigenvalue weighted by molar-refractivity contribution is -0.384. The van der Waals surface area contributed by atoms with E-state index < -0.39 is 28.4 Å². The van der Waals surface area contributed by atoms with Crippen LogP contribution in [0.1, 0.15) is 11.3 Å². The zero-order chi connectivity index (χ0) is 19.9. The number of nitro benzene ring substituents is 1. The number of hydrogen-bond acceptors (Lipinski definition) is 7. The monoisotopic (exact) mass is 372 g/mol.